The van der Waals surface area contributed by atoms with Crippen LogP contribution in [0.4, 0.5) is 11.5 Å². The predicted molar refractivity (Wildman–Crippen MR) is 111 cm³/mol. The third kappa shape index (κ3) is 4.56. The molecule has 0 spiro atoms. The third-order valence-corrected chi connectivity index (χ3v) is 4.23. The molecule has 31 heavy (non-hydrogen) atoms. The molecule has 0 fully saturated rings. The van der Waals surface area contributed by atoms with Crippen molar-refractivity contribution in [3.8, 4) is 11.5 Å². The van der Waals surface area contributed by atoms with E-state index in [1.165, 1.54) is 17.1 Å². The predicted octanol–water partition coefficient (Wildman–Crippen LogP) is 1.83. The van der Waals surface area contributed by atoms with E-state index in [-0.39, 0.29) is 23.0 Å². The second-order valence-electron chi connectivity index (χ2n) is 6.53. The van der Waals surface area contributed by atoms with Crippen LogP contribution in [0.1, 0.15) is 26.7 Å². The van der Waals surface area contributed by atoms with Crippen molar-refractivity contribution in [1.29, 1.82) is 0 Å². The molecule has 4 rings (SSSR count). The van der Waals surface area contributed by atoms with Gasteiger partial charge in [0, 0.05) is 31.2 Å². The molecule has 4 aromatic heterocycles. The van der Waals surface area contributed by atoms with Crippen molar-refractivity contribution in [2.75, 3.05) is 10.6 Å². The molecule has 2 amide bonds. The van der Waals surface area contributed by atoms with Crippen LogP contribution in [0.5, 0.6) is 0 Å². The van der Waals surface area contributed by atoms with E-state index in [0.29, 0.717) is 17.9 Å². The number of primary amides is 1. The number of rotatable bonds is 7. The van der Waals surface area contributed by atoms with E-state index in [4.69, 9.17) is 10.2 Å². The van der Waals surface area contributed by atoms with Crippen molar-refractivity contribution in [1.82, 2.24) is 24.7 Å². The first kappa shape index (κ1) is 19.8. The number of amides is 2. The van der Waals surface area contributed by atoms with Gasteiger partial charge in [-0.25, -0.2) is 9.97 Å². The fraction of sp³-hybridized carbons (Fsp3) is 0.100. The fourth-order valence-corrected chi connectivity index (χ4v) is 2.80. The lowest BCUT2D eigenvalue weighted by Crippen LogP contribution is -2.18. The van der Waals surface area contributed by atoms with Crippen LogP contribution in [0.2, 0.25) is 0 Å². The molecule has 11 heteroatoms. The van der Waals surface area contributed by atoms with Gasteiger partial charge in [-0.05, 0) is 24.3 Å². The summed E-state index contributed by atoms with van der Waals surface area (Å²) < 4.78 is 6.83. The van der Waals surface area contributed by atoms with Crippen LogP contribution in [0.15, 0.2) is 59.6 Å². The highest BCUT2D eigenvalue weighted by atomic mass is 16.3. The molecule has 0 aliphatic carbocycles. The van der Waals surface area contributed by atoms with Gasteiger partial charge in [0.25, 0.3) is 11.8 Å². The number of aromatic nitrogens is 5. The van der Waals surface area contributed by atoms with Gasteiger partial charge in [-0.2, -0.15) is 5.10 Å². The molecule has 4 heterocycles. The van der Waals surface area contributed by atoms with Crippen LogP contribution in [-0.4, -0.2) is 36.5 Å². The van der Waals surface area contributed by atoms with Gasteiger partial charge in [-0.15, -0.1) is 0 Å². The van der Waals surface area contributed by atoms with E-state index in [9.17, 15) is 9.59 Å². The highest BCUT2D eigenvalue weighted by molar-refractivity contribution is 6.07. The summed E-state index contributed by atoms with van der Waals surface area (Å²) >= 11 is 0. The van der Waals surface area contributed by atoms with E-state index in [2.05, 4.69) is 30.7 Å². The molecule has 4 N–H and O–H groups in total. The molecule has 0 aliphatic heterocycles. The van der Waals surface area contributed by atoms with Crippen LogP contribution in [-0.2, 0) is 13.6 Å². The van der Waals surface area contributed by atoms with Crippen LogP contribution >= 0.6 is 0 Å². The molecule has 11 nitrogen and oxygen atoms in total. The number of aryl methyl sites for hydroxylation is 1. The maximum atomic E-state index is 12.5. The molecule has 0 saturated heterocycles. The summed E-state index contributed by atoms with van der Waals surface area (Å²) in [5, 5.41) is 9.67. The van der Waals surface area contributed by atoms with Crippen molar-refractivity contribution in [3.05, 3.63) is 72.3 Å². The molecule has 0 aliphatic rings. The zero-order valence-corrected chi connectivity index (χ0v) is 16.4. The van der Waals surface area contributed by atoms with Crippen LogP contribution in [0, 0.1) is 0 Å². The summed E-state index contributed by atoms with van der Waals surface area (Å²) in [6.07, 6.45) is 6.03. The van der Waals surface area contributed by atoms with E-state index >= 15 is 0 Å². The van der Waals surface area contributed by atoms with Crippen LogP contribution in [0.25, 0.3) is 11.5 Å². The van der Waals surface area contributed by atoms with Crippen LogP contribution in [0.3, 0.4) is 0 Å². The van der Waals surface area contributed by atoms with Gasteiger partial charge < -0.3 is 20.8 Å². The number of hydrogen-bond acceptors (Lipinski definition) is 8. The summed E-state index contributed by atoms with van der Waals surface area (Å²) in [7, 11) is 1.61. The van der Waals surface area contributed by atoms with E-state index < -0.39 is 11.8 Å². The number of carbonyl (C=O) groups is 2. The SMILES string of the molecule is Cn1cc(NC(=O)c2coc(-c3ccnc(NCc4ccccn4)c3)n2)c(C(N)=O)n1. The van der Waals surface area contributed by atoms with E-state index in [1.54, 1.807) is 31.6 Å². The summed E-state index contributed by atoms with van der Waals surface area (Å²) in [6.45, 7) is 0.504. The first-order valence-electron chi connectivity index (χ1n) is 9.20. The molecule has 0 radical (unpaired) electrons. The topological polar surface area (TPSA) is 154 Å². The van der Waals surface area contributed by atoms with Crippen molar-refractivity contribution in [3.63, 3.8) is 0 Å². The first-order valence-corrected chi connectivity index (χ1v) is 9.20. The van der Waals surface area contributed by atoms with Gasteiger partial charge in [0.05, 0.1) is 17.9 Å². The Morgan fingerprint density at radius 3 is 2.84 bits per heavy atom. The van der Waals surface area contributed by atoms with Gasteiger partial charge >= 0.3 is 0 Å². The highest BCUT2D eigenvalue weighted by Gasteiger charge is 2.19. The molecule has 0 unspecified atom stereocenters. The molecule has 0 atom stereocenters. The number of nitrogens with zero attached hydrogens (tertiary/aromatic N) is 5. The number of oxazole rings is 1. The molecule has 156 valence electrons. The number of carbonyl (C=O) groups excluding carboxylic acids is 2. The lowest BCUT2D eigenvalue weighted by atomic mass is 10.2. The van der Waals surface area contributed by atoms with E-state index in [1.807, 2.05) is 18.2 Å². The van der Waals surface area contributed by atoms with Crippen molar-refractivity contribution >= 4 is 23.3 Å². The minimum Gasteiger partial charge on any atom is -0.444 e. The summed E-state index contributed by atoms with van der Waals surface area (Å²) in [4.78, 5) is 36.7. The third-order valence-electron chi connectivity index (χ3n) is 4.23. The number of nitrogens with one attached hydrogen (secondary N) is 2. The smallest absolute Gasteiger partial charge is 0.277 e. The van der Waals surface area contributed by atoms with E-state index in [0.717, 1.165) is 5.69 Å². The Morgan fingerprint density at radius 1 is 1.19 bits per heavy atom. The number of hydrogen-bond donors (Lipinski definition) is 3. The van der Waals surface area contributed by atoms with Gasteiger partial charge in [-0.3, -0.25) is 19.3 Å². The van der Waals surface area contributed by atoms with Crippen LogP contribution < -0.4 is 16.4 Å². The Balaban J connectivity index is 1.47. The molecule has 0 bridgehead atoms. The van der Waals surface area contributed by atoms with Crippen molar-refractivity contribution < 1.29 is 14.0 Å². The summed E-state index contributed by atoms with van der Waals surface area (Å²) in [5.41, 5.74) is 6.97. The summed E-state index contributed by atoms with van der Waals surface area (Å²) in [6, 6.07) is 9.13. The Kier molecular flexibility index (Phi) is 5.39. The minimum atomic E-state index is -0.751. The molecule has 0 saturated carbocycles. The van der Waals surface area contributed by atoms with Gasteiger partial charge in [-0.1, -0.05) is 6.07 Å². The maximum absolute atomic E-state index is 12.5. The Bertz CT molecular complexity index is 1230. The van der Waals surface area contributed by atoms with Crippen molar-refractivity contribution in [2.24, 2.45) is 12.8 Å². The average Bonchev–Trinajstić information content (AvgIpc) is 3.40. The second kappa shape index (κ2) is 8.45. The van der Waals surface area contributed by atoms with Gasteiger partial charge in [0.1, 0.15) is 12.1 Å². The second-order valence-corrected chi connectivity index (χ2v) is 6.53. The number of pyridine rings is 2. The van der Waals surface area contributed by atoms with Gasteiger partial charge in [0.15, 0.2) is 11.4 Å². The standard InChI is InChI=1S/C20H18N8O3/c1-28-10-14(17(27-28)18(21)29)25-19(30)15-11-31-20(26-15)12-5-7-23-16(8-12)24-9-13-4-2-3-6-22-13/h2-8,10-11H,9H2,1H3,(H2,21,29)(H,23,24)(H,25,30). The average molecular weight is 418 g/mol. The normalized spacial score (nSPS) is 10.6. The number of anilines is 2. The largest absolute Gasteiger partial charge is 0.444 e. The molecular weight excluding hydrogens is 400 g/mol. The molecule has 4 aromatic rings. The molecule has 0 aromatic carbocycles. The fourth-order valence-electron chi connectivity index (χ4n) is 2.80. The van der Waals surface area contributed by atoms with Gasteiger partial charge in [0.2, 0.25) is 5.89 Å². The monoisotopic (exact) mass is 418 g/mol. The zero-order chi connectivity index (χ0) is 21.8. The Labute approximate surface area is 176 Å². The maximum Gasteiger partial charge on any atom is 0.277 e. The quantitative estimate of drug-likeness (QED) is 0.411. The Hall–Kier alpha value is -4.54. The summed E-state index contributed by atoms with van der Waals surface area (Å²) in [5.74, 6) is -0.462. The Morgan fingerprint density at radius 2 is 2.06 bits per heavy atom. The zero-order valence-electron chi connectivity index (χ0n) is 16.4. The lowest BCUT2D eigenvalue weighted by Gasteiger charge is -2.05. The number of nitrogens with two attached hydrogens (primary N) is 1. The highest BCUT2D eigenvalue weighted by Crippen LogP contribution is 2.22. The minimum absolute atomic E-state index is 0.0362. The molecular formula is C20H18N8O3. The first-order chi connectivity index (χ1) is 15.0. The van der Waals surface area contributed by atoms with Crippen molar-refractivity contribution in [2.45, 2.75) is 6.54 Å². The lowest BCUT2D eigenvalue weighted by molar-refractivity contribution is 0.0995.